The van der Waals surface area contributed by atoms with E-state index in [9.17, 15) is 19.5 Å². The van der Waals surface area contributed by atoms with Crippen LogP contribution < -0.4 is 4.74 Å². The van der Waals surface area contributed by atoms with Gasteiger partial charge in [0.1, 0.15) is 0 Å². The number of fused-ring (bicyclic) bond motifs is 1. The lowest BCUT2D eigenvalue weighted by molar-refractivity contribution is -0.130. The van der Waals surface area contributed by atoms with E-state index in [1.807, 2.05) is 0 Å². The van der Waals surface area contributed by atoms with Gasteiger partial charge in [-0.2, -0.15) is 0 Å². The quantitative estimate of drug-likeness (QED) is 0.211. The van der Waals surface area contributed by atoms with Gasteiger partial charge in [0, 0.05) is 35.4 Å². The van der Waals surface area contributed by atoms with Crippen LogP contribution in [0.3, 0.4) is 0 Å². The number of Topliss-reactive ketones (excluding diaryl/α,β-unsaturated/α-hetero) is 1. The van der Waals surface area contributed by atoms with Gasteiger partial charge in [-0.3, -0.25) is 14.6 Å². The molecule has 1 unspecified atom stereocenters. The number of esters is 1. The van der Waals surface area contributed by atoms with Gasteiger partial charge in [-0.1, -0.05) is 29.8 Å². The Balaban J connectivity index is 1.51. The van der Waals surface area contributed by atoms with Crippen molar-refractivity contribution < 1.29 is 33.4 Å². The first kappa shape index (κ1) is 27.0. The first-order valence-electron chi connectivity index (χ1n) is 12.4. The summed E-state index contributed by atoms with van der Waals surface area (Å²) in [7, 11) is 1.45. The minimum Gasteiger partial charge on any atom is -0.503 e. The number of ether oxygens (including phenoxy) is 2. The fourth-order valence-electron chi connectivity index (χ4n) is 4.64. The van der Waals surface area contributed by atoms with Gasteiger partial charge in [0.2, 0.25) is 5.78 Å². The number of halogens is 1. The molecule has 2 aromatic heterocycles. The number of pyridine rings is 1. The van der Waals surface area contributed by atoms with E-state index in [2.05, 4.69) is 4.98 Å². The second-order valence-electron chi connectivity index (χ2n) is 9.50. The fourth-order valence-corrected chi connectivity index (χ4v) is 4.86. The summed E-state index contributed by atoms with van der Waals surface area (Å²) in [4.78, 5) is 44.9. The van der Waals surface area contributed by atoms with Gasteiger partial charge in [0.05, 0.1) is 30.4 Å². The number of ketones is 1. The van der Waals surface area contributed by atoms with Crippen molar-refractivity contribution in [1.82, 2.24) is 9.88 Å². The van der Waals surface area contributed by atoms with Crippen LogP contribution in [0.2, 0.25) is 5.02 Å². The SMILES string of the molecule is COc1cc(Cl)cc2cc(C(=O)C3=C(O)C(=O)N(Cc4ccc(C(=O)OC(C)C)cc4)C3c3cccnc3)oc12. The molecule has 0 saturated heterocycles. The zero-order valence-electron chi connectivity index (χ0n) is 21.9. The minimum atomic E-state index is -0.946. The molecule has 10 heteroatoms. The van der Waals surface area contributed by atoms with Crippen molar-refractivity contribution >= 4 is 40.2 Å². The van der Waals surface area contributed by atoms with Crippen molar-refractivity contribution in [1.29, 1.82) is 0 Å². The van der Waals surface area contributed by atoms with E-state index in [1.54, 1.807) is 68.6 Å². The summed E-state index contributed by atoms with van der Waals surface area (Å²) in [5.74, 6) is -2.27. The van der Waals surface area contributed by atoms with Crippen molar-refractivity contribution in [3.05, 3.63) is 106 Å². The number of carbonyl (C=O) groups is 3. The summed E-state index contributed by atoms with van der Waals surface area (Å²) in [6, 6.07) is 13.7. The topological polar surface area (TPSA) is 119 Å². The molecule has 0 saturated carbocycles. The standard InChI is InChI=1S/C30H25ClN2O7/c1-16(2)39-30(37)18-8-6-17(7-9-18)15-33-25(19-5-4-10-32-14-19)24(27(35)29(33)36)26(34)22-12-20-11-21(31)13-23(38-3)28(20)40-22/h4-14,16,25,35H,15H2,1-3H3. The summed E-state index contributed by atoms with van der Waals surface area (Å²) in [6.07, 6.45) is 2.84. The first-order valence-corrected chi connectivity index (χ1v) is 12.8. The molecule has 9 nitrogen and oxygen atoms in total. The Morgan fingerprint density at radius 1 is 1.15 bits per heavy atom. The molecule has 5 rings (SSSR count). The van der Waals surface area contributed by atoms with Gasteiger partial charge in [0.25, 0.3) is 5.91 Å². The molecule has 0 fully saturated rings. The number of rotatable bonds is 8. The van der Waals surface area contributed by atoms with Crippen molar-refractivity contribution in [3.63, 3.8) is 0 Å². The second kappa shape index (κ2) is 10.9. The molecule has 0 aliphatic carbocycles. The number of hydrogen-bond donors (Lipinski definition) is 1. The molecule has 204 valence electrons. The minimum absolute atomic E-state index is 0.0440. The summed E-state index contributed by atoms with van der Waals surface area (Å²) < 4.78 is 16.4. The van der Waals surface area contributed by atoms with Gasteiger partial charge in [0.15, 0.2) is 22.9 Å². The number of aromatic nitrogens is 1. The fraction of sp³-hybridized carbons (Fsp3) is 0.200. The number of aliphatic hydroxyl groups is 1. The molecular formula is C30H25ClN2O7. The Labute approximate surface area is 234 Å². The number of nitrogens with zero attached hydrogens (tertiary/aromatic N) is 2. The van der Waals surface area contributed by atoms with E-state index in [-0.39, 0.29) is 24.0 Å². The third-order valence-electron chi connectivity index (χ3n) is 6.42. The number of aliphatic hydroxyl groups excluding tert-OH is 1. The summed E-state index contributed by atoms with van der Waals surface area (Å²) in [5, 5.41) is 11.9. The predicted octanol–water partition coefficient (Wildman–Crippen LogP) is 5.83. The average molecular weight is 561 g/mol. The molecule has 1 aliphatic rings. The van der Waals surface area contributed by atoms with E-state index < -0.39 is 29.5 Å². The Morgan fingerprint density at radius 3 is 2.55 bits per heavy atom. The molecular weight excluding hydrogens is 536 g/mol. The normalized spacial score (nSPS) is 15.3. The number of carbonyl (C=O) groups excluding carboxylic acids is 3. The highest BCUT2D eigenvalue weighted by molar-refractivity contribution is 6.31. The molecule has 1 aliphatic heterocycles. The van der Waals surface area contributed by atoms with Crippen molar-refractivity contribution in [2.24, 2.45) is 0 Å². The van der Waals surface area contributed by atoms with E-state index >= 15 is 0 Å². The van der Waals surface area contributed by atoms with Crippen LogP contribution in [0.15, 0.2) is 82.7 Å². The molecule has 40 heavy (non-hydrogen) atoms. The largest absolute Gasteiger partial charge is 0.503 e. The van der Waals surface area contributed by atoms with Crippen LogP contribution in [0.5, 0.6) is 5.75 Å². The Hall–Kier alpha value is -4.63. The number of furan rings is 1. The van der Waals surface area contributed by atoms with E-state index in [0.717, 1.165) is 0 Å². The van der Waals surface area contributed by atoms with Crippen LogP contribution in [-0.4, -0.2) is 45.9 Å². The Kier molecular flexibility index (Phi) is 7.32. The van der Waals surface area contributed by atoms with Crippen molar-refractivity contribution in [2.45, 2.75) is 32.5 Å². The van der Waals surface area contributed by atoms with E-state index in [4.69, 9.17) is 25.5 Å². The van der Waals surface area contributed by atoms with E-state index in [1.165, 1.54) is 24.3 Å². The lowest BCUT2D eigenvalue weighted by Gasteiger charge is -2.26. The number of amides is 1. The van der Waals surface area contributed by atoms with Gasteiger partial charge in [-0.25, -0.2) is 4.79 Å². The van der Waals surface area contributed by atoms with Crippen molar-refractivity contribution in [3.8, 4) is 5.75 Å². The lowest BCUT2D eigenvalue weighted by atomic mass is 9.96. The number of hydrogen-bond acceptors (Lipinski definition) is 8. The maximum absolute atomic E-state index is 13.8. The van der Waals surface area contributed by atoms with Gasteiger partial charge in [-0.15, -0.1) is 0 Å². The van der Waals surface area contributed by atoms with Gasteiger partial charge < -0.3 is 23.9 Å². The van der Waals surface area contributed by atoms with Gasteiger partial charge >= 0.3 is 5.97 Å². The third kappa shape index (κ3) is 5.03. The highest BCUT2D eigenvalue weighted by Crippen LogP contribution is 2.41. The smallest absolute Gasteiger partial charge is 0.338 e. The van der Waals surface area contributed by atoms with Crippen LogP contribution >= 0.6 is 11.6 Å². The van der Waals surface area contributed by atoms with Gasteiger partial charge in [-0.05, 0) is 55.3 Å². The zero-order chi connectivity index (χ0) is 28.6. The average Bonchev–Trinajstić information content (AvgIpc) is 3.47. The molecule has 4 aromatic rings. The summed E-state index contributed by atoms with van der Waals surface area (Å²) in [5.41, 5.74) is 1.74. The van der Waals surface area contributed by atoms with E-state index in [0.29, 0.717) is 38.4 Å². The highest BCUT2D eigenvalue weighted by atomic mass is 35.5. The van der Waals surface area contributed by atoms with Crippen LogP contribution in [0.25, 0.3) is 11.0 Å². The van der Waals surface area contributed by atoms with Crippen LogP contribution in [0, 0.1) is 0 Å². The highest BCUT2D eigenvalue weighted by Gasteiger charge is 2.44. The molecule has 0 spiro atoms. The predicted molar refractivity (Wildman–Crippen MR) is 146 cm³/mol. The number of methoxy groups -OCH3 is 1. The maximum atomic E-state index is 13.8. The first-order chi connectivity index (χ1) is 19.2. The third-order valence-corrected chi connectivity index (χ3v) is 6.64. The second-order valence-corrected chi connectivity index (χ2v) is 9.94. The van der Waals surface area contributed by atoms with Crippen LogP contribution in [-0.2, 0) is 16.1 Å². The molecule has 1 atom stereocenters. The molecule has 2 aromatic carbocycles. The Morgan fingerprint density at radius 2 is 1.90 bits per heavy atom. The molecule has 3 heterocycles. The monoisotopic (exact) mass is 560 g/mol. The molecule has 0 radical (unpaired) electrons. The molecule has 0 bridgehead atoms. The lowest BCUT2D eigenvalue weighted by Crippen LogP contribution is -2.30. The van der Waals surface area contributed by atoms with Crippen LogP contribution in [0.1, 0.15) is 51.9 Å². The van der Waals surface area contributed by atoms with Crippen LogP contribution in [0.4, 0.5) is 0 Å². The summed E-state index contributed by atoms with van der Waals surface area (Å²) >= 11 is 6.17. The number of benzene rings is 2. The molecule has 1 amide bonds. The zero-order valence-corrected chi connectivity index (χ0v) is 22.6. The van der Waals surface area contributed by atoms with Crippen molar-refractivity contribution in [2.75, 3.05) is 7.11 Å². The maximum Gasteiger partial charge on any atom is 0.338 e. The Bertz CT molecular complexity index is 1640. The summed E-state index contributed by atoms with van der Waals surface area (Å²) in [6.45, 7) is 3.57. The molecule has 1 N–H and O–H groups in total.